The summed E-state index contributed by atoms with van der Waals surface area (Å²) in [4.78, 5) is 26.6. The van der Waals surface area contributed by atoms with Gasteiger partial charge in [0.2, 0.25) is 11.8 Å². The fraction of sp³-hybridized carbons (Fsp3) is 0.500. The smallest absolute Gasteiger partial charge is 0.243 e. The van der Waals surface area contributed by atoms with Crippen LogP contribution in [0.2, 0.25) is 0 Å². The minimum atomic E-state index is -0.414. The van der Waals surface area contributed by atoms with Crippen molar-refractivity contribution < 1.29 is 9.59 Å². The van der Waals surface area contributed by atoms with Crippen molar-refractivity contribution in [2.24, 2.45) is 5.92 Å². The number of carbonyl (C=O) groups excluding carboxylic acids is 2. The third-order valence-corrected chi connectivity index (χ3v) is 5.82. The molecule has 1 aliphatic rings. The highest BCUT2D eigenvalue weighted by Crippen LogP contribution is 2.23. The van der Waals surface area contributed by atoms with Gasteiger partial charge in [-0.2, -0.15) is 0 Å². The van der Waals surface area contributed by atoms with Gasteiger partial charge in [0, 0.05) is 18.8 Å². The molecule has 2 heterocycles. The number of hydrogen-bond donors (Lipinski definition) is 1. The van der Waals surface area contributed by atoms with Crippen LogP contribution in [0.3, 0.4) is 0 Å². The number of aromatic nitrogens is 3. The van der Waals surface area contributed by atoms with Crippen LogP contribution in [0.25, 0.3) is 5.69 Å². The molecule has 0 aliphatic carbocycles. The fourth-order valence-electron chi connectivity index (χ4n) is 3.36. The standard InChI is InChI=1S/C20H27N5O2S/c1-13(2)15-5-7-16(8-6-15)25-12-22-23-20(25)28-11-17(26)24-10-9-21-19(27)18(24)14(3)4/h5-8,12-14,18H,9-11H2,1-4H3,(H,21,27). The lowest BCUT2D eigenvalue weighted by Gasteiger charge is -2.37. The summed E-state index contributed by atoms with van der Waals surface area (Å²) in [6.45, 7) is 9.27. The normalized spacial score (nSPS) is 17.3. The Bertz CT molecular complexity index is 831. The summed E-state index contributed by atoms with van der Waals surface area (Å²) >= 11 is 1.34. The molecular formula is C20H27N5O2S. The molecule has 1 aromatic heterocycles. The van der Waals surface area contributed by atoms with Gasteiger partial charge < -0.3 is 10.2 Å². The number of hydrogen-bond acceptors (Lipinski definition) is 5. The molecule has 1 aromatic carbocycles. The van der Waals surface area contributed by atoms with Crippen molar-refractivity contribution >= 4 is 23.6 Å². The van der Waals surface area contributed by atoms with E-state index < -0.39 is 6.04 Å². The largest absolute Gasteiger partial charge is 0.353 e. The number of nitrogens with zero attached hydrogens (tertiary/aromatic N) is 4. The van der Waals surface area contributed by atoms with E-state index in [0.717, 1.165) is 5.69 Å². The Labute approximate surface area is 169 Å². The Balaban J connectivity index is 1.69. The van der Waals surface area contributed by atoms with Crippen molar-refractivity contribution in [3.63, 3.8) is 0 Å². The maximum Gasteiger partial charge on any atom is 0.243 e. The monoisotopic (exact) mass is 401 g/mol. The molecule has 1 fully saturated rings. The van der Waals surface area contributed by atoms with E-state index in [9.17, 15) is 9.59 Å². The van der Waals surface area contributed by atoms with Crippen molar-refractivity contribution in [2.45, 2.75) is 44.8 Å². The van der Waals surface area contributed by atoms with Gasteiger partial charge in [0.05, 0.1) is 5.75 Å². The number of nitrogens with one attached hydrogen (secondary N) is 1. The van der Waals surface area contributed by atoms with Crippen LogP contribution < -0.4 is 5.32 Å². The van der Waals surface area contributed by atoms with Gasteiger partial charge in [0.25, 0.3) is 0 Å². The van der Waals surface area contributed by atoms with Crippen LogP contribution in [-0.4, -0.2) is 56.4 Å². The molecule has 1 atom stereocenters. The van der Waals surface area contributed by atoms with Crippen LogP contribution in [0.15, 0.2) is 35.7 Å². The Morgan fingerprint density at radius 1 is 1.25 bits per heavy atom. The summed E-state index contributed by atoms with van der Waals surface area (Å²) in [5.41, 5.74) is 2.23. The number of carbonyl (C=O) groups is 2. The average molecular weight is 402 g/mol. The second-order valence-electron chi connectivity index (χ2n) is 7.59. The summed E-state index contributed by atoms with van der Waals surface area (Å²) < 4.78 is 1.88. The Hall–Kier alpha value is -2.35. The first-order valence-corrected chi connectivity index (χ1v) is 10.6. The van der Waals surface area contributed by atoms with Crippen LogP contribution in [0, 0.1) is 5.92 Å². The molecule has 0 bridgehead atoms. The number of rotatable bonds is 6. The van der Waals surface area contributed by atoms with E-state index in [-0.39, 0.29) is 23.5 Å². The zero-order chi connectivity index (χ0) is 20.3. The van der Waals surface area contributed by atoms with Crippen molar-refractivity contribution in [1.82, 2.24) is 25.0 Å². The van der Waals surface area contributed by atoms with Gasteiger partial charge in [-0.05, 0) is 29.5 Å². The minimum absolute atomic E-state index is 0.0525. The number of thioether (sulfide) groups is 1. The highest BCUT2D eigenvalue weighted by Gasteiger charge is 2.35. The highest BCUT2D eigenvalue weighted by atomic mass is 32.2. The zero-order valence-electron chi connectivity index (χ0n) is 16.8. The van der Waals surface area contributed by atoms with Crippen LogP contribution in [0.4, 0.5) is 0 Å². The molecule has 8 heteroatoms. The predicted octanol–water partition coefficient (Wildman–Crippen LogP) is 2.47. The molecule has 2 amide bonds. The predicted molar refractivity (Wildman–Crippen MR) is 110 cm³/mol. The first-order chi connectivity index (χ1) is 13.4. The van der Waals surface area contributed by atoms with E-state index in [1.807, 2.05) is 30.5 Å². The van der Waals surface area contributed by atoms with E-state index in [0.29, 0.717) is 24.2 Å². The summed E-state index contributed by atoms with van der Waals surface area (Å²) in [5, 5.41) is 11.7. The highest BCUT2D eigenvalue weighted by molar-refractivity contribution is 7.99. The number of piperazine rings is 1. The summed E-state index contributed by atoms with van der Waals surface area (Å²) in [6.07, 6.45) is 1.66. The maximum absolute atomic E-state index is 12.8. The quantitative estimate of drug-likeness (QED) is 0.752. The number of amides is 2. The molecule has 28 heavy (non-hydrogen) atoms. The first kappa shape index (κ1) is 20.4. The fourth-order valence-corrected chi connectivity index (χ4v) is 4.17. The van der Waals surface area contributed by atoms with Crippen LogP contribution >= 0.6 is 11.8 Å². The van der Waals surface area contributed by atoms with E-state index in [1.165, 1.54) is 17.3 Å². The van der Waals surface area contributed by atoms with Gasteiger partial charge in [-0.3, -0.25) is 14.2 Å². The third kappa shape index (κ3) is 4.38. The second-order valence-corrected chi connectivity index (χ2v) is 8.53. The topological polar surface area (TPSA) is 80.1 Å². The van der Waals surface area contributed by atoms with Gasteiger partial charge in [-0.25, -0.2) is 0 Å². The van der Waals surface area contributed by atoms with Gasteiger partial charge in [0.15, 0.2) is 5.16 Å². The molecule has 0 spiro atoms. The first-order valence-electron chi connectivity index (χ1n) is 9.58. The Kier molecular flexibility index (Phi) is 6.39. The molecule has 7 nitrogen and oxygen atoms in total. The molecule has 150 valence electrons. The molecule has 1 N–H and O–H groups in total. The van der Waals surface area contributed by atoms with Gasteiger partial charge in [-0.15, -0.1) is 10.2 Å². The molecule has 0 radical (unpaired) electrons. The average Bonchev–Trinajstić information content (AvgIpc) is 3.14. The molecular weight excluding hydrogens is 374 g/mol. The molecule has 2 aromatic rings. The summed E-state index contributed by atoms with van der Waals surface area (Å²) in [7, 11) is 0. The molecule has 3 rings (SSSR count). The van der Waals surface area contributed by atoms with Gasteiger partial charge in [0.1, 0.15) is 12.4 Å². The van der Waals surface area contributed by atoms with E-state index in [4.69, 9.17) is 0 Å². The molecule has 1 saturated heterocycles. The minimum Gasteiger partial charge on any atom is -0.353 e. The number of benzene rings is 1. The summed E-state index contributed by atoms with van der Waals surface area (Å²) in [6, 6.07) is 7.85. The van der Waals surface area contributed by atoms with Crippen molar-refractivity contribution in [1.29, 1.82) is 0 Å². The molecule has 1 aliphatic heterocycles. The maximum atomic E-state index is 12.8. The molecule has 1 unspecified atom stereocenters. The van der Waals surface area contributed by atoms with Gasteiger partial charge >= 0.3 is 0 Å². The third-order valence-electron chi connectivity index (χ3n) is 4.89. The van der Waals surface area contributed by atoms with E-state index >= 15 is 0 Å². The van der Waals surface area contributed by atoms with Crippen molar-refractivity contribution in [3.8, 4) is 5.69 Å². The summed E-state index contributed by atoms with van der Waals surface area (Å²) in [5.74, 6) is 0.630. The van der Waals surface area contributed by atoms with Crippen molar-refractivity contribution in [3.05, 3.63) is 36.2 Å². The zero-order valence-corrected chi connectivity index (χ0v) is 17.6. The lowest BCUT2D eigenvalue weighted by molar-refractivity contribution is -0.143. The molecule has 0 saturated carbocycles. The lowest BCUT2D eigenvalue weighted by atomic mass is 10.00. The van der Waals surface area contributed by atoms with Crippen LogP contribution in [-0.2, 0) is 9.59 Å². The van der Waals surface area contributed by atoms with E-state index in [2.05, 4.69) is 41.5 Å². The van der Waals surface area contributed by atoms with E-state index in [1.54, 1.807) is 11.2 Å². The van der Waals surface area contributed by atoms with Crippen molar-refractivity contribution in [2.75, 3.05) is 18.8 Å². The van der Waals surface area contributed by atoms with Crippen LogP contribution in [0.5, 0.6) is 0 Å². The Morgan fingerprint density at radius 3 is 2.61 bits per heavy atom. The van der Waals surface area contributed by atoms with Crippen LogP contribution in [0.1, 0.15) is 39.2 Å². The Morgan fingerprint density at radius 2 is 1.96 bits per heavy atom. The SMILES string of the molecule is CC(C)c1ccc(-n2cnnc2SCC(=O)N2CCNC(=O)C2C(C)C)cc1. The van der Waals surface area contributed by atoms with Gasteiger partial charge in [-0.1, -0.05) is 51.6 Å². The second kappa shape index (κ2) is 8.77. The lowest BCUT2D eigenvalue weighted by Crippen LogP contribution is -2.59.